The van der Waals surface area contributed by atoms with E-state index in [0.717, 1.165) is 12.8 Å². The maximum Gasteiger partial charge on any atom is 0.232 e. The molecule has 1 atom stereocenters. The molecule has 0 radical (unpaired) electrons. The molecule has 2 N–H and O–H groups in total. The van der Waals surface area contributed by atoms with Crippen molar-refractivity contribution in [3.63, 3.8) is 0 Å². The van der Waals surface area contributed by atoms with Crippen LogP contribution in [0.5, 0.6) is 0 Å². The fourth-order valence-electron chi connectivity index (χ4n) is 1.04. The maximum absolute atomic E-state index is 6.05. The Morgan fingerprint density at radius 1 is 1.20 bits per heavy atom. The molecule has 86 valence electrons. The van der Waals surface area contributed by atoms with Crippen molar-refractivity contribution < 1.29 is 4.52 Å². The van der Waals surface area contributed by atoms with Crippen LogP contribution in [0.15, 0.2) is 4.52 Å². The van der Waals surface area contributed by atoms with E-state index in [1.807, 2.05) is 13.8 Å². The van der Waals surface area contributed by atoms with Crippen LogP contribution >= 0.6 is 0 Å². The summed E-state index contributed by atoms with van der Waals surface area (Å²) in [5.41, 5.74) is 5.48. The standard InChI is InChI=1S/C11H21N3O/c1-6-10(3,4)9-13-8(14-15-9)11(5,12)7-2/h6-7,12H2,1-5H3. The third-order valence-electron chi connectivity index (χ3n) is 3.13. The highest BCUT2D eigenvalue weighted by Crippen LogP contribution is 2.27. The van der Waals surface area contributed by atoms with Gasteiger partial charge in [0, 0.05) is 5.41 Å². The highest BCUT2D eigenvalue weighted by Gasteiger charge is 2.30. The van der Waals surface area contributed by atoms with E-state index in [-0.39, 0.29) is 5.41 Å². The van der Waals surface area contributed by atoms with Gasteiger partial charge >= 0.3 is 0 Å². The number of hydrogen-bond acceptors (Lipinski definition) is 4. The first-order valence-corrected chi connectivity index (χ1v) is 5.47. The summed E-state index contributed by atoms with van der Waals surface area (Å²) in [5.74, 6) is 1.27. The molecule has 0 aliphatic carbocycles. The van der Waals surface area contributed by atoms with E-state index in [1.54, 1.807) is 0 Å². The molecule has 0 aliphatic heterocycles. The second-order valence-electron chi connectivity index (χ2n) is 4.93. The molecule has 0 saturated heterocycles. The van der Waals surface area contributed by atoms with Gasteiger partial charge in [0.05, 0.1) is 5.54 Å². The van der Waals surface area contributed by atoms with Gasteiger partial charge < -0.3 is 10.3 Å². The summed E-state index contributed by atoms with van der Waals surface area (Å²) in [4.78, 5) is 4.39. The quantitative estimate of drug-likeness (QED) is 0.830. The first kappa shape index (κ1) is 12.2. The van der Waals surface area contributed by atoms with Gasteiger partial charge in [0.2, 0.25) is 5.89 Å². The Kier molecular flexibility index (Phi) is 3.19. The van der Waals surface area contributed by atoms with Crippen molar-refractivity contribution in [3.8, 4) is 0 Å². The molecule has 1 unspecified atom stereocenters. The van der Waals surface area contributed by atoms with Gasteiger partial charge in [0.15, 0.2) is 5.82 Å². The van der Waals surface area contributed by atoms with Crippen molar-refractivity contribution in [1.82, 2.24) is 10.1 Å². The third kappa shape index (κ3) is 2.37. The van der Waals surface area contributed by atoms with Gasteiger partial charge in [0.25, 0.3) is 0 Å². The van der Waals surface area contributed by atoms with Gasteiger partial charge in [-0.25, -0.2) is 0 Å². The Hall–Kier alpha value is -0.900. The van der Waals surface area contributed by atoms with Crippen LogP contribution in [0.2, 0.25) is 0 Å². The van der Waals surface area contributed by atoms with Gasteiger partial charge in [-0.2, -0.15) is 4.98 Å². The second kappa shape index (κ2) is 3.93. The normalized spacial score (nSPS) is 16.4. The molecule has 0 amide bonds. The highest BCUT2D eigenvalue weighted by molar-refractivity contribution is 5.06. The summed E-state index contributed by atoms with van der Waals surface area (Å²) >= 11 is 0. The molecule has 0 aliphatic rings. The van der Waals surface area contributed by atoms with Gasteiger partial charge in [-0.15, -0.1) is 0 Å². The molecule has 4 heteroatoms. The SMILES string of the molecule is CCC(C)(C)c1nc(C(C)(N)CC)no1. The van der Waals surface area contributed by atoms with Crippen LogP contribution in [0.25, 0.3) is 0 Å². The smallest absolute Gasteiger partial charge is 0.232 e. The van der Waals surface area contributed by atoms with Crippen molar-refractivity contribution in [1.29, 1.82) is 0 Å². The Morgan fingerprint density at radius 3 is 2.27 bits per heavy atom. The Morgan fingerprint density at radius 2 is 1.80 bits per heavy atom. The Balaban J connectivity index is 3.00. The van der Waals surface area contributed by atoms with Crippen LogP contribution in [-0.4, -0.2) is 10.1 Å². The van der Waals surface area contributed by atoms with Crippen LogP contribution in [0.3, 0.4) is 0 Å². The third-order valence-corrected chi connectivity index (χ3v) is 3.13. The molecule has 4 nitrogen and oxygen atoms in total. The summed E-state index contributed by atoms with van der Waals surface area (Å²) in [7, 11) is 0. The van der Waals surface area contributed by atoms with Crippen molar-refractivity contribution in [2.75, 3.05) is 0 Å². The van der Waals surface area contributed by atoms with Crippen LogP contribution in [-0.2, 0) is 11.0 Å². The van der Waals surface area contributed by atoms with E-state index in [4.69, 9.17) is 10.3 Å². The van der Waals surface area contributed by atoms with E-state index in [0.29, 0.717) is 11.7 Å². The molecule has 0 aromatic carbocycles. The van der Waals surface area contributed by atoms with E-state index >= 15 is 0 Å². The molecule has 0 saturated carbocycles. The number of rotatable bonds is 4. The Bertz CT molecular complexity index is 298. The summed E-state index contributed by atoms with van der Waals surface area (Å²) < 4.78 is 5.27. The average Bonchev–Trinajstić information content (AvgIpc) is 2.67. The fraction of sp³-hybridized carbons (Fsp3) is 0.818. The minimum absolute atomic E-state index is 0.0743. The number of hydrogen-bond donors (Lipinski definition) is 1. The van der Waals surface area contributed by atoms with Crippen molar-refractivity contribution in [2.45, 2.75) is 58.4 Å². The molecule has 0 spiro atoms. The molecular formula is C11H21N3O. The first-order valence-electron chi connectivity index (χ1n) is 5.47. The lowest BCUT2D eigenvalue weighted by atomic mass is 9.90. The topological polar surface area (TPSA) is 64.9 Å². The monoisotopic (exact) mass is 211 g/mol. The van der Waals surface area contributed by atoms with E-state index in [9.17, 15) is 0 Å². The van der Waals surface area contributed by atoms with E-state index in [1.165, 1.54) is 0 Å². The van der Waals surface area contributed by atoms with Crippen LogP contribution < -0.4 is 5.73 Å². The van der Waals surface area contributed by atoms with Crippen LogP contribution in [0, 0.1) is 0 Å². The maximum atomic E-state index is 6.05. The van der Waals surface area contributed by atoms with Gasteiger partial charge in [-0.1, -0.05) is 32.9 Å². The lowest BCUT2D eigenvalue weighted by molar-refractivity contribution is 0.295. The summed E-state index contributed by atoms with van der Waals surface area (Å²) in [6, 6.07) is 0. The van der Waals surface area contributed by atoms with E-state index in [2.05, 4.69) is 30.9 Å². The Labute approximate surface area is 91.2 Å². The second-order valence-corrected chi connectivity index (χ2v) is 4.93. The van der Waals surface area contributed by atoms with Gasteiger partial charge in [-0.05, 0) is 19.8 Å². The summed E-state index contributed by atoms with van der Waals surface area (Å²) in [6.07, 6.45) is 1.75. The van der Waals surface area contributed by atoms with E-state index < -0.39 is 5.54 Å². The zero-order chi connectivity index (χ0) is 11.7. The minimum Gasteiger partial charge on any atom is -0.339 e. The lowest BCUT2D eigenvalue weighted by Gasteiger charge is -2.18. The fourth-order valence-corrected chi connectivity index (χ4v) is 1.04. The molecule has 0 fully saturated rings. The summed E-state index contributed by atoms with van der Waals surface area (Å²) in [6.45, 7) is 10.2. The number of aromatic nitrogens is 2. The molecule has 15 heavy (non-hydrogen) atoms. The van der Waals surface area contributed by atoms with Gasteiger partial charge in [0.1, 0.15) is 0 Å². The van der Waals surface area contributed by atoms with Crippen molar-refractivity contribution >= 4 is 0 Å². The predicted octanol–water partition coefficient (Wildman–Crippen LogP) is 2.34. The highest BCUT2D eigenvalue weighted by atomic mass is 16.5. The van der Waals surface area contributed by atoms with Gasteiger partial charge in [-0.3, -0.25) is 0 Å². The predicted molar refractivity (Wildman–Crippen MR) is 59.4 cm³/mol. The number of nitrogens with zero attached hydrogens (tertiary/aromatic N) is 2. The molecule has 1 aromatic heterocycles. The largest absolute Gasteiger partial charge is 0.339 e. The summed E-state index contributed by atoms with van der Waals surface area (Å²) in [5, 5.41) is 3.96. The van der Waals surface area contributed by atoms with Crippen LogP contribution in [0.1, 0.15) is 59.2 Å². The molecule has 1 rings (SSSR count). The molecular weight excluding hydrogens is 190 g/mol. The average molecular weight is 211 g/mol. The molecule has 1 heterocycles. The zero-order valence-corrected chi connectivity index (χ0v) is 10.3. The first-order chi connectivity index (χ1) is 6.83. The van der Waals surface area contributed by atoms with Crippen molar-refractivity contribution in [2.24, 2.45) is 5.73 Å². The minimum atomic E-state index is -0.494. The van der Waals surface area contributed by atoms with Crippen LogP contribution in [0.4, 0.5) is 0 Å². The van der Waals surface area contributed by atoms with Crippen molar-refractivity contribution in [3.05, 3.63) is 11.7 Å². The zero-order valence-electron chi connectivity index (χ0n) is 10.3. The number of nitrogens with two attached hydrogens (primary N) is 1. The lowest BCUT2D eigenvalue weighted by Crippen LogP contribution is -2.33. The molecule has 0 bridgehead atoms. The molecule has 1 aromatic rings.